The molecule has 1 atom stereocenters. The van der Waals surface area contributed by atoms with Gasteiger partial charge in [-0.05, 0) is 31.5 Å². The van der Waals surface area contributed by atoms with Gasteiger partial charge < -0.3 is 10.4 Å². The lowest BCUT2D eigenvalue weighted by Crippen LogP contribution is -2.38. The van der Waals surface area contributed by atoms with Crippen LogP contribution in [-0.2, 0) is 0 Å². The van der Waals surface area contributed by atoms with Crippen LogP contribution in [-0.4, -0.2) is 17.3 Å². The van der Waals surface area contributed by atoms with E-state index in [1.807, 2.05) is 6.92 Å². The average Bonchev–Trinajstić information content (AvgIpc) is 2.18. The van der Waals surface area contributed by atoms with Crippen LogP contribution in [0, 0.1) is 5.82 Å². The average molecular weight is 211 g/mol. The smallest absolute Gasteiger partial charge is 0.125 e. The van der Waals surface area contributed by atoms with Crippen molar-refractivity contribution >= 4 is 5.69 Å². The molecule has 0 spiro atoms. The van der Waals surface area contributed by atoms with E-state index in [9.17, 15) is 9.50 Å². The summed E-state index contributed by atoms with van der Waals surface area (Å²) in [5.41, 5.74) is 0.336. The topological polar surface area (TPSA) is 32.3 Å². The van der Waals surface area contributed by atoms with E-state index in [-0.39, 0.29) is 18.0 Å². The number of benzene rings is 1. The van der Waals surface area contributed by atoms with Gasteiger partial charge in [-0.15, -0.1) is 0 Å². The van der Waals surface area contributed by atoms with E-state index in [2.05, 4.69) is 12.2 Å². The first-order chi connectivity index (χ1) is 7.09. The maximum absolute atomic E-state index is 12.9. The van der Waals surface area contributed by atoms with E-state index in [4.69, 9.17) is 0 Å². The number of hydrogen-bond acceptors (Lipinski definition) is 2. The van der Waals surface area contributed by atoms with Crippen molar-refractivity contribution in [1.29, 1.82) is 0 Å². The second-order valence-corrected chi connectivity index (χ2v) is 4.10. The molecular weight excluding hydrogens is 193 g/mol. The van der Waals surface area contributed by atoms with Gasteiger partial charge >= 0.3 is 0 Å². The van der Waals surface area contributed by atoms with Crippen LogP contribution in [0.15, 0.2) is 24.3 Å². The van der Waals surface area contributed by atoms with Crippen molar-refractivity contribution in [2.45, 2.75) is 32.2 Å². The minimum Gasteiger partial charge on any atom is -0.394 e. The Hall–Kier alpha value is -1.09. The van der Waals surface area contributed by atoms with Crippen LogP contribution in [0.3, 0.4) is 0 Å². The van der Waals surface area contributed by atoms with Gasteiger partial charge in [-0.2, -0.15) is 0 Å². The SMILES string of the molecule is CCCC(C)(CO)Nc1cccc(F)c1. The van der Waals surface area contributed by atoms with Crippen LogP contribution in [0.4, 0.5) is 10.1 Å². The Labute approximate surface area is 90.1 Å². The van der Waals surface area contributed by atoms with E-state index in [1.54, 1.807) is 12.1 Å². The minimum absolute atomic E-state index is 0.0390. The molecule has 0 radical (unpaired) electrons. The highest BCUT2D eigenvalue weighted by molar-refractivity contribution is 5.45. The fraction of sp³-hybridized carbons (Fsp3) is 0.500. The number of rotatable bonds is 5. The van der Waals surface area contributed by atoms with Gasteiger partial charge in [0.25, 0.3) is 0 Å². The summed E-state index contributed by atoms with van der Waals surface area (Å²) in [5, 5.41) is 12.4. The number of aliphatic hydroxyl groups excluding tert-OH is 1. The van der Waals surface area contributed by atoms with Crippen molar-refractivity contribution in [3.8, 4) is 0 Å². The zero-order valence-corrected chi connectivity index (χ0v) is 9.26. The van der Waals surface area contributed by atoms with Gasteiger partial charge in [-0.1, -0.05) is 19.4 Å². The van der Waals surface area contributed by atoms with Crippen molar-refractivity contribution in [3.05, 3.63) is 30.1 Å². The van der Waals surface area contributed by atoms with Gasteiger partial charge in [-0.25, -0.2) is 4.39 Å². The largest absolute Gasteiger partial charge is 0.394 e. The van der Waals surface area contributed by atoms with Gasteiger partial charge in [0.15, 0.2) is 0 Å². The van der Waals surface area contributed by atoms with E-state index in [0.717, 1.165) is 12.8 Å². The molecular formula is C12H18FNO. The number of anilines is 1. The van der Waals surface area contributed by atoms with Gasteiger partial charge in [0.1, 0.15) is 5.82 Å². The van der Waals surface area contributed by atoms with Crippen LogP contribution in [0.2, 0.25) is 0 Å². The van der Waals surface area contributed by atoms with Gasteiger partial charge in [0.2, 0.25) is 0 Å². The molecule has 1 rings (SSSR count). The molecule has 0 fully saturated rings. The molecule has 84 valence electrons. The van der Waals surface area contributed by atoms with Crippen LogP contribution in [0.25, 0.3) is 0 Å². The van der Waals surface area contributed by atoms with E-state index in [1.165, 1.54) is 12.1 Å². The predicted molar refractivity (Wildman–Crippen MR) is 60.4 cm³/mol. The molecule has 0 aliphatic heterocycles. The monoisotopic (exact) mass is 211 g/mol. The molecule has 1 aromatic rings. The van der Waals surface area contributed by atoms with E-state index >= 15 is 0 Å². The maximum atomic E-state index is 12.9. The van der Waals surface area contributed by atoms with Crippen LogP contribution < -0.4 is 5.32 Å². The van der Waals surface area contributed by atoms with Crippen LogP contribution >= 0.6 is 0 Å². The lowest BCUT2D eigenvalue weighted by Gasteiger charge is -2.29. The molecule has 0 aliphatic rings. The summed E-state index contributed by atoms with van der Waals surface area (Å²) in [5.74, 6) is -0.267. The molecule has 0 saturated heterocycles. The molecule has 0 heterocycles. The zero-order valence-electron chi connectivity index (χ0n) is 9.26. The summed E-state index contributed by atoms with van der Waals surface area (Å²) in [4.78, 5) is 0. The Morgan fingerprint density at radius 2 is 2.20 bits per heavy atom. The third-order valence-electron chi connectivity index (χ3n) is 2.42. The van der Waals surface area contributed by atoms with Crippen LogP contribution in [0.1, 0.15) is 26.7 Å². The van der Waals surface area contributed by atoms with Crippen LogP contribution in [0.5, 0.6) is 0 Å². The summed E-state index contributed by atoms with van der Waals surface area (Å²) in [6.45, 7) is 4.03. The number of halogens is 1. The van der Waals surface area contributed by atoms with Crippen molar-refractivity contribution in [2.75, 3.05) is 11.9 Å². The molecule has 1 unspecified atom stereocenters. The quantitative estimate of drug-likeness (QED) is 0.785. The van der Waals surface area contributed by atoms with Crippen molar-refractivity contribution in [2.24, 2.45) is 0 Å². The fourth-order valence-corrected chi connectivity index (χ4v) is 1.65. The van der Waals surface area contributed by atoms with E-state index in [0.29, 0.717) is 5.69 Å². The Kier molecular flexibility index (Phi) is 4.09. The second kappa shape index (κ2) is 5.12. The van der Waals surface area contributed by atoms with Gasteiger partial charge in [0, 0.05) is 5.69 Å². The first-order valence-corrected chi connectivity index (χ1v) is 5.24. The fourth-order valence-electron chi connectivity index (χ4n) is 1.65. The number of hydrogen-bond donors (Lipinski definition) is 2. The predicted octanol–water partition coefficient (Wildman–Crippen LogP) is 2.79. The van der Waals surface area contributed by atoms with Gasteiger partial charge in [-0.3, -0.25) is 0 Å². The molecule has 0 aliphatic carbocycles. The van der Waals surface area contributed by atoms with E-state index < -0.39 is 0 Å². The lowest BCUT2D eigenvalue weighted by molar-refractivity contribution is 0.214. The Balaban J connectivity index is 2.74. The van der Waals surface area contributed by atoms with Crippen molar-refractivity contribution < 1.29 is 9.50 Å². The highest BCUT2D eigenvalue weighted by Crippen LogP contribution is 2.20. The maximum Gasteiger partial charge on any atom is 0.125 e. The summed E-state index contributed by atoms with van der Waals surface area (Å²) in [6.07, 6.45) is 1.82. The molecule has 15 heavy (non-hydrogen) atoms. The number of aliphatic hydroxyl groups is 1. The molecule has 0 amide bonds. The normalized spacial score (nSPS) is 14.7. The van der Waals surface area contributed by atoms with Gasteiger partial charge in [0.05, 0.1) is 12.1 Å². The standard InChI is InChI=1S/C12H18FNO/c1-3-7-12(2,9-15)14-11-6-4-5-10(13)8-11/h4-6,8,14-15H,3,7,9H2,1-2H3. The summed E-state index contributed by atoms with van der Waals surface area (Å²) in [6, 6.07) is 6.29. The molecule has 0 saturated carbocycles. The molecule has 0 aromatic heterocycles. The zero-order chi connectivity index (χ0) is 11.3. The summed E-state index contributed by atoms with van der Waals surface area (Å²) in [7, 11) is 0. The Morgan fingerprint density at radius 3 is 2.73 bits per heavy atom. The highest BCUT2D eigenvalue weighted by Gasteiger charge is 2.21. The summed E-state index contributed by atoms with van der Waals surface area (Å²) < 4.78 is 12.9. The van der Waals surface area contributed by atoms with Crippen molar-refractivity contribution in [1.82, 2.24) is 0 Å². The first-order valence-electron chi connectivity index (χ1n) is 5.24. The molecule has 1 aromatic carbocycles. The van der Waals surface area contributed by atoms with Crippen molar-refractivity contribution in [3.63, 3.8) is 0 Å². The Bertz CT molecular complexity index is 316. The molecule has 2 N–H and O–H groups in total. The highest BCUT2D eigenvalue weighted by atomic mass is 19.1. The third kappa shape index (κ3) is 3.51. The second-order valence-electron chi connectivity index (χ2n) is 4.10. The third-order valence-corrected chi connectivity index (χ3v) is 2.42. The summed E-state index contributed by atoms with van der Waals surface area (Å²) >= 11 is 0. The number of nitrogens with one attached hydrogen (secondary N) is 1. The molecule has 0 bridgehead atoms. The first kappa shape index (κ1) is 12.0. The minimum atomic E-state index is -0.372. The molecule has 3 heteroatoms. The lowest BCUT2D eigenvalue weighted by atomic mass is 9.97. The molecule has 2 nitrogen and oxygen atoms in total. The Morgan fingerprint density at radius 1 is 1.47 bits per heavy atom.